The molecular weight excluding hydrogens is 345 g/mol. The molecule has 0 radical (unpaired) electrons. The summed E-state index contributed by atoms with van der Waals surface area (Å²) >= 11 is 8.26. The summed E-state index contributed by atoms with van der Waals surface area (Å²) in [5.41, 5.74) is 3.04. The molecule has 4 nitrogen and oxygen atoms in total. The number of hydrogen-bond donors (Lipinski definition) is 2. The van der Waals surface area contributed by atoms with Crippen molar-refractivity contribution in [2.45, 2.75) is 18.9 Å². The van der Waals surface area contributed by atoms with Gasteiger partial charge >= 0.3 is 0 Å². The number of halogens is 2. The van der Waals surface area contributed by atoms with E-state index in [0.717, 1.165) is 19.4 Å². The molecule has 0 spiro atoms. The molecule has 2 N–H and O–H groups in total. The van der Waals surface area contributed by atoms with Crippen LogP contribution >= 0.6 is 28.1 Å². The average Bonchev–Trinajstić information content (AvgIpc) is 2.92. The largest absolute Gasteiger partial charge is 0.376 e. The van der Waals surface area contributed by atoms with E-state index in [9.17, 15) is 4.39 Å². The van der Waals surface area contributed by atoms with E-state index in [-0.39, 0.29) is 11.9 Å². The van der Waals surface area contributed by atoms with Gasteiger partial charge in [-0.3, -0.25) is 5.43 Å². The van der Waals surface area contributed by atoms with Crippen LogP contribution in [0.1, 0.15) is 18.4 Å². The Kier molecular flexibility index (Phi) is 5.87. The van der Waals surface area contributed by atoms with Crippen molar-refractivity contribution in [3.63, 3.8) is 0 Å². The molecule has 1 fully saturated rings. The molecule has 0 aromatic heterocycles. The lowest BCUT2D eigenvalue weighted by Crippen LogP contribution is -2.37. The molecule has 2 rings (SSSR count). The molecule has 1 heterocycles. The highest BCUT2D eigenvalue weighted by Gasteiger charge is 2.14. The Morgan fingerprint density at radius 1 is 1.60 bits per heavy atom. The second-order valence-electron chi connectivity index (χ2n) is 4.38. The summed E-state index contributed by atoms with van der Waals surface area (Å²) < 4.78 is 19.7. The van der Waals surface area contributed by atoms with E-state index in [4.69, 9.17) is 17.0 Å². The van der Waals surface area contributed by atoms with Crippen LogP contribution in [0.4, 0.5) is 4.39 Å². The Labute approximate surface area is 130 Å². The molecule has 1 aliphatic heterocycles. The maximum absolute atomic E-state index is 13.5. The first kappa shape index (κ1) is 15.3. The summed E-state index contributed by atoms with van der Waals surface area (Å²) in [4.78, 5) is 0. The lowest BCUT2D eigenvalue weighted by Gasteiger charge is -2.11. The molecule has 1 atom stereocenters. The molecule has 0 bridgehead atoms. The average molecular weight is 360 g/mol. The molecule has 0 aliphatic carbocycles. The first-order valence-electron chi connectivity index (χ1n) is 6.29. The van der Waals surface area contributed by atoms with Gasteiger partial charge in [0.1, 0.15) is 5.82 Å². The second kappa shape index (κ2) is 7.66. The molecule has 20 heavy (non-hydrogen) atoms. The van der Waals surface area contributed by atoms with E-state index in [1.807, 2.05) is 0 Å². The summed E-state index contributed by atoms with van der Waals surface area (Å²) in [6, 6.07) is 4.77. The topological polar surface area (TPSA) is 45.7 Å². The highest BCUT2D eigenvalue weighted by atomic mass is 79.9. The summed E-state index contributed by atoms with van der Waals surface area (Å²) in [5.74, 6) is -0.344. The minimum absolute atomic E-state index is 0.211. The van der Waals surface area contributed by atoms with Gasteiger partial charge in [-0.25, -0.2) is 4.39 Å². The van der Waals surface area contributed by atoms with E-state index in [2.05, 4.69) is 31.8 Å². The van der Waals surface area contributed by atoms with Crippen molar-refractivity contribution in [2.75, 3.05) is 13.2 Å². The quantitative estimate of drug-likeness (QED) is 0.492. The van der Waals surface area contributed by atoms with Gasteiger partial charge in [0.15, 0.2) is 5.11 Å². The standard InChI is InChI=1S/C13H15BrFN3OS/c14-10-4-3-9(12(15)6-10)7-17-18-13(20)16-8-11-2-1-5-19-11/h3-4,6-7,11H,1-2,5,8H2,(H2,16,18,20)/b17-7-/t11-/m1/s1. The zero-order valence-electron chi connectivity index (χ0n) is 10.7. The number of nitrogens with one attached hydrogen (secondary N) is 2. The van der Waals surface area contributed by atoms with Gasteiger partial charge in [-0.05, 0) is 43.3 Å². The summed E-state index contributed by atoms with van der Waals surface area (Å²) in [5, 5.41) is 7.31. The van der Waals surface area contributed by atoms with Gasteiger partial charge < -0.3 is 10.1 Å². The molecule has 1 saturated heterocycles. The SMILES string of the molecule is Fc1cc(Br)ccc1/C=N\NC(=S)NC[C@H]1CCCO1. The molecule has 1 aromatic rings. The van der Waals surface area contributed by atoms with Crippen LogP contribution in [-0.4, -0.2) is 30.6 Å². The van der Waals surface area contributed by atoms with Gasteiger partial charge in [0.05, 0.1) is 12.3 Å². The Balaban J connectivity index is 1.75. The number of ether oxygens (including phenoxy) is 1. The van der Waals surface area contributed by atoms with Crippen LogP contribution in [0.2, 0.25) is 0 Å². The Bertz CT molecular complexity index is 506. The first-order chi connectivity index (χ1) is 9.65. The predicted octanol–water partition coefficient (Wildman–Crippen LogP) is 2.57. The van der Waals surface area contributed by atoms with E-state index in [1.54, 1.807) is 12.1 Å². The van der Waals surface area contributed by atoms with Crippen molar-refractivity contribution in [2.24, 2.45) is 5.10 Å². The van der Waals surface area contributed by atoms with Crippen LogP contribution in [0, 0.1) is 5.82 Å². The third-order valence-corrected chi connectivity index (χ3v) is 3.58. The van der Waals surface area contributed by atoms with Crippen molar-refractivity contribution in [3.8, 4) is 0 Å². The minimum Gasteiger partial charge on any atom is -0.376 e. The number of hydrazone groups is 1. The number of benzene rings is 1. The Hall–Kier alpha value is -1.05. The van der Waals surface area contributed by atoms with Crippen LogP contribution in [0.25, 0.3) is 0 Å². The fraction of sp³-hybridized carbons (Fsp3) is 0.385. The fourth-order valence-corrected chi connectivity index (χ4v) is 2.29. The predicted molar refractivity (Wildman–Crippen MR) is 84.4 cm³/mol. The summed E-state index contributed by atoms with van der Waals surface area (Å²) in [6.07, 6.45) is 3.74. The minimum atomic E-state index is -0.344. The van der Waals surface area contributed by atoms with Crippen LogP contribution < -0.4 is 10.7 Å². The number of hydrogen-bond acceptors (Lipinski definition) is 3. The summed E-state index contributed by atoms with van der Waals surface area (Å²) in [6.45, 7) is 1.47. The maximum Gasteiger partial charge on any atom is 0.187 e. The molecule has 0 amide bonds. The molecule has 7 heteroatoms. The van der Waals surface area contributed by atoms with Gasteiger partial charge in [0.25, 0.3) is 0 Å². The van der Waals surface area contributed by atoms with Crippen molar-refractivity contribution < 1.29 is 9.13 Å². The highest BCUT2D eigenvalue weighted by Crippen LogP contribution is 2.13. The first-order valence-corrected chi connectivity index (χ1v) is 7.49. The maximum atomic E-state index is 13.5. The second-order valence-corrected chi connectivity index (χ2v) is 5.70. The zero-order chi connectivity index (χ0) is 14.4. The smallest absolute Gasteiger partial charge is 0.187 e. The van der Waals surface area contributed by atoms with Crippen LogP contribution in [0.15, 0.2) is 27.8 Å². The zero-order valence-corrected chi connectivity index (χ0v) is 13.1. The number of thiocarbonyl (C=S) groups is 1. The van der Waals surface area contributed by atoms with E-state index in [1.165, 1.54) is 12.3 Å². The van der Waals surface area contributed by atoms with Gasteiger partial charge in [-0.2, -0.15) is 5.10 Å². The molecule has 1 aromatic carbocycles. The molecular formula is C13H15BrFN3OS. The lowest BCUT2D eigenvalue weighted by molar-refractivity contribution is 0.114. The van der Waals surface area contributed by atoms with Crippen LogP contribution in [0.3, 0.4) is 0 Å². The monoisotopic (exact) mass is 359 g/mol. The van der Waals surface area contributed by atoms with Crippen molar-refractivity contribution >= 4 is 39.5 Å². The normalized spacial score (nSPS) is 18.4. The third-order valence-electron chi connectivity index (χ3n) is 2.85. The third kappa shape index (κ3) is 4.81. The number of rotatable bonds is 4. The van der Waals surface area contributed by atoms with Gasteiger partial charge in [0, 0.05) is 23.2 Å². The van der Waals surface area contributed by atoms with Gasteiger partial charge in [0.2, 0.25) is 0 Å². The highest BCUT2D eigenvalue weighted by molar-refractivity contribution is 9.10. The van der Waals surface area contributed by atoms with Crippen molar-refractivity contribution in [1.82, 2.24) is 10.7 Å². The fourth-order valence-electron chi connectivity index (χ4n) is 1.82. The lowest BCUT2D eigenvalue weighted by atomic mass is 10.2. The van der Waals surface area contributed by atoms with Crippen LogP contribution in [0.5, 0.6) is 0 Å². The molecule has 1 aliphatic rings. The van der Waals surface area contributed by atoms with Crippen LogP contribution in [-0.2, 0) is 4.74 Å². The summed E-state index contributed by atoms with van der Waals surface area (Å²) in [7, 11) is 0. The molecule has 0 unspecified atom stereocenters. The Morgan fingerprint density at radius 2 is 2.45 bits per heavy atom. The number of nitrogens with zero attached hydrogens (tertiary/aromatic N) is 1. The molecule has 108 valence electrons. The Morgan fingerprint density at radius 3 is 3.15 bits per heavy atom. The van der Waals surface area contributed by atoms with Gasteiger partial charge in [-0.1, -0.05) is 15.9 Å². The van der Waals surface area contributed by atoms with Crippen molar-refractivity contribution in [1.29, 1.82) is 0 Å². The van der Waals surface area contributed by atoms with Crippen molar-refractivity contribution in [3.05, 3.63) is 34.1 Å². The molecule has 0 saturated carbocycles. The van der Waals surface area contributed by atoms with Gasteiger partial charge in [-0.15, -0.1) is 0 Å². The van der Waals surface area contributed by atoms with E-state index in [0.29, 0.717) is 21.7 Å². The van der Waals surface area contributed by atoms with E-state index < -0.39 is 0 Å². The van der Waals surface area contributed by atoms with E-state index >= 15 is 0 Å².